The number of hydrazine groups is 1. The number of hydrogen-bond acceptors (Lipinski definition) is 3. The number of nitrogens with two attached hydrogens (primary N) is 1. The van der Waals surface area contributed by atoms with Gasteiger partial charge in [0.05, 0.1) is 0 Å². The highest BCUT2D eigenvalue weighted by Gasteiger charge is 2.23. The van der Waals surface area contributed by atoms with Gasteiger partial charge >= 0.3 is 0 Å². The molecule has 0 aromatic rings. The Balaban J connectivity index is 1.99. The van der Waals surface area contributed by atoms with Crippen molar-refractivity contribution in [2.24, 2.45) is 11.8 Å². The lowest BCUT2D eigenvalue weighted by Gasteiger charge is -2.21. The summed E-state index contributed by atoms with van der Waals surface area (Å²) in [4.78, 5) is 13.5. The predicted octanol–water partition coefficient (Wildman–Crippen LogP) is 1.66. The normalized spacial score (nSPS) is 15.2. The number of carbonyl (C=O) groups is 1. The van der Waals surface area contributed by atoms with Gasteiger partial charge < -0.3 is 4.90 Å². The molecule has 0 aromatic heterocycles. The van der Waals surface area contributed by atoms with Crippen molar-refractivity contribution in [2.45, 2.75) is 51.9 Å². The van der Waals surface area contributed by atoms with Crippen LogP contribution in [0.5, 0.6) is 0 Å². The van der Waals surface area contributed by atoms with Gasteiger partial charge in [0.25, 0.3) is 0 Å². The van der Waals surface area contributed by atoms with Gasteiger partial charge in [0.15, 0.2) is 0 Å². The average molecular weight is 241 g/mol. The van der Waals surface area contributed by atoms with Gasteiger partial charge in [-0.1, -0.05) is 13.3 Å². The lowest BCUT2D eigenvalue weighted by Crippen LogP contribution is -2.30. The summed E-state index contributed by atoms with van der Waals surface area (Å²) < 4.78 is 0. The molecule has 0 aliphatic heterocycles. The molecule has 0 saturated heterocycles. The first-order chi connectivity index (χ1) is 8.26. The summed E-state index contributed by atoms with van der Waals surface area (Å²) in [5.74, 6) is 5.96. The summed E-state index contributed by atoms with van der Waals surface area (Å²) in [7, 11) is 0. The van der Waals surface area contributed by atoms with Crippen LogP contribution in [0, 0.1) is 5.92 Å². The number of nitrogens with zero attached hydrogens (tertiary/aromatic N) is 1. The Bertz CT molecular complexity index is 217. The average Bonchev–Trinajstić information content (AvgIpc) is 3.12. The van der Waals surface area contributed by atoms with E-state index in [-0.39, 0.29) is 5.91 Å². The van der Waals surface area contributed by atoms with E-state index in [9.17, 15) is 4.79 Å². The van der Waals surface area contributed by atoms with E-state index in [0.717, 1.165) is 18.8 Å². The molecule has 0 aromatic carbocycles. The van der Waals surface area contributed by atoms with Crippen LogP contribution >= 0.6 is 0 Å². The van der Waals surface area contributed by atoms with Crippen LogP contribution in [0.3, 0.4) is 0 Å². The molecule has 100 valence electrons. The van der Waals surface area contributed by atoms with Crippen LogP contribution in [-0.4, -0.2) is 30.4 Å². The molecule has 0 heterocycles. The van der Waals surface area contributed by atoms with Gasteiger partial charge in [-0.2, -0.15) is 0 Å². The van der Waals surface area contributed by atoms with Crippen LogP contribution in [0.2, 0.25) is 0 Å². The molecule has 4 heteroatoms. The number of amides is 1. The third-order valence-electron chi connectivity index (χ3n) is 3.29. The smallest absolute Gasteiger partial charge is 0.233 e. The first-order valence-corrected chi connectivity index (χ1v) is 6.98. The summed E-state index contributed by atoms with van der Waals surface area (Å²) in [6.45, 7) is 5.94. The van der Waals surface area contributed by atoms with E-state index in [2.05, 4.69) is 17.2 Å². The maximum Gasteiger partial charge on any atom is 0.233 e. The molecule has 1 fully saturated rings. The van der Waals surface area contributed by atoms with Crippen molar-refractivity contribution < 1.29 is 4.79 Å². The molecule has 0 unspecified atom stereocenters. The third-order valence-corrected chi connectivity index (χ3v) is 3.29. The van der Waals surface area contributed by atoms with E-state index in [1.165, 1.54) is 45.3 Å². The van der Waals surface area contributed by atoms with Crippen molar-refractivity contribution in [3.05, 3.63) is 0 Å². The topological polar surface area (TPSA) is 58.4 Å². The molecule has 1 saturated carbocycles. The molecule has 1 amide bonds. The van der Waals surface area contributed by atoms with Crippen molar-refractivity contribution >= 4 is 5.91 Å². The highest BCUT2D eigenvalue weighted by atomic mass is 16.2. The first-order valence-electron chi connectivity index (χ1n) is 6.98. The second kappa shape index (κ2) is 8.48. The number of rotatable bonds is 10. The maximum atomic E-state index is 10.9. The zero-order valence-corrected chi connectivity index (χ0v) is 11.1. The zero-order valence-electron chi connectivity index (χ0n) is 11.1. The van der Waals surface area contributed by atoms with Gasteiger partial charge in [-0.05, 0) is 51.1 Å². The fourth-order valence-electron chi connectivity index (χ4n) is 2.15. The van der Waals surface area contributed by atoms with Gasteiger partial charge in [0.2, 0.25) is 5.91 Å². The Hall–Kier alpha value is -0.610. The van der Waals surface area contributed by atoms with Crippen LogP contribution < -0.4 is 11.3 Å². The van der Waals surface area contributed by atoms with Crippen LogP contribution in [0.25, 0.3) is 0 Å². The molecule has 4 nitrogen and oxygen atoms in total. The Labute approximate surface area is 105 Å². The summed E-state index contributed by atoms with van der Waals surface area (Å²) >= 11 is 0. The third kappa shape index (κ3) is 7.34. The largest absolute Gasteiger partial charge is 0.303 e. The molecule has 0 bridgehead atoms. The SMILES string of the molecule is CCCN(CCCCCC(=O)NN)CC1CC1. The maximum absolute atomic E-state index is 10.9. The predicted molar refractivity (Wildman–Crippen MR) is 70.3 cm³/mol. The number of nitrogens with one attached hydrogen (secondary N) is 1. The number of hydrogen-bond donors (Lipinski definition) is 2. The minimum atomic E-state index is -0.0478. The van der Waals surface area contributed by atoms with Gasteiger partial charge in [-0.15, -0.1) is 0 Å². The standard InChI is InChI=1S/C13H27N3O/c1-2-9-16(11-12-7-8-12)10-5-3-4-6-13(17)15-14/h12H,2-11,14H2,1H3,(H,15,17). The van der Waals surface area contributed by atoms with Gasteiger partial charge in [-0.3, -0.25) is 10.2 Å². The molecule has 1 aliphatic carbocycles. The van der Waals surface area contributed by atoms with Crippen molar-refractivity contribution in [2.75, 3.05) is 19.6 Å². The van der Waals surface area contributed by atoms with E-state index in [4.69, 9.17) is 5.84 Å². The quantitative estimate of drug-likeness (QED) is 0.265. The van der Waals surface area contributed by atoms with E-state index < -0.39 is 0 Å². The van der Waals surface area contributed by atoms with Crippen LogP contribution in [0.15, 0.2) is 0 Å². The highest BCUT2D eigenvalue weighted by Crippen LogP contribution is 2.29. The Morgan fingerprint density at radius 1 is 1.29 bits per heavy atom. The monoisotopic (exact) mass is 241 g/mol. The minimum absolute atomic E-state index is 0.0478. The lowest BCUT2D eigenvalue weighted by atomic mass is 10.1. The van der Waals surface area contributed by atoms with Crippen LogP contribution in [0.4, 0.5) is 0 Å². The van der Waals surface area contributed by atoms with Crippen LogP contribution in [0.1, 0.15) is 51.9 Å². The highest BCUT2D eigenvalue weighted by molar-refractivity contribution is 5.74. The number of unbranched alkanes of at least 4 members (excludes halogenated alkanes) is 2. The van der Waals surface area contributed by atoms with Gasteiger partial charge in [0.1, 0.15) is 0 Å². The van der Waals surface area contributed by atoms with E-state index in [1.54, 1.807) is 0 Å². The Morgan fingerprint density at radius 2 is 2.06 bits per heavy atom. The van der Waals surface area contributed by atoms with Gasteiger partial charge in [0, 0.05) is 13.0 Å². The van der Waals surface area contributed by atoms with Crippen molar-refractivity contribution in [1.29, 1.82) is 0 Å². The zero-order chi connectivity index (χ0) is 12.5. The molecule has 1 aliphatic rings. The van der Waals surface area contributed by atoms with E-state index >= 15 is 0 Å². The molecule has 0 atom stereocenters. The molecule has 0 spiro atoms. The molecular formula is C13H27N3O. The fraction of sp³-hybridized carbons (Fsp3) is 0.923. The number of carbonyl (C=O) groups excluding carboxylic acids is 1. The second-order valence-electron chi connectivity index (χ2n) is 5.12. The lowest BCUT2D eigenvalue weighted by molar-refractivity contribution is -0.121. The molecule has 3 N–H and O–H groups in total. The van der Waals surface area contributed by atoms with Crippen molar-refractivity contribution in [3.8, 4) is 0 Å². The van der Waals surface area contributed by atoms with Gasteiger partial charge in [-0.25, -0.2) is 5.84 Å². The summed E-state index contributed by atoms with van der Waals surface area (Å²) in [6, 6.07) is 0. The molecule has 17 heavy (non-hydrogen) atoms. The Morgan fingerprint density at radius 3 is 2.65 bits per heavy atom. The molecule has 0 radical (unpaired) electrons. The van der Waals surface area contributed by atoms with Crippen molar-refractivity contribution in [3.63, 3.8) is 0 Å². The molecule has 1 rings (SSSR count). The fourth-order valence-corrected chi connectivity index (χ4v) is 2.15. The summed E-state index contributed by atoms with van der Waals surface area (Å²) in [5.41, 5.74) is 2.17. The van der Waals surface area contributed by atoms with Crippen LogP contribution in [-0.2, 0) is 4.79 Å². The first kappa shape index (κ1) is 14.5. The minimum Gasteiger partial charge on any atom is -0.303 e. The van der Waals surface area contributed by atoms with Crippen molar-refractivity contribution in [1.82, 2.24) is 10.3 Å². The summed E-state index contributed by atoms with van der Waals surface area (Å²) in [6.07, 6.45) is 7.93. The van der Waals surface area contributed by atoms with E-state index in [0.29, 0.717) is 6.42 Å². The Kier molecular flexibility index (Phi) is 7.21. The molecular weight excluding hydrogens is 214 g/mol. The summed E-state index contributed by atoms with van der Waals surface area (Å²) in [5, 5.41) is 0. The second-order valence-corrected chi connectivity index (χ2v) is 5.12. The van der Waals surface area contributed by atoms with E-state index in [1.807, 2.05) is 0 Å².